The van der Waals surface area contributed by atoms with Crippen LogP contribution in [0, 0.1) is 5.82 Å². The van der Waals surface area contributed by atoms with Gasteiger partial charge in [-0.15, -0.1) is 11.6 Å². The molecule has 9 heteroatoms. The molecule has 2 aromatic rings. The molecule has 1 fully saturated rings. The van der Waals surface area contributed by atoms with E-state index in [1.165, 1.54) is 12.1 Å². The number of morpholine rings is 1. The molecule has 0 saturated carbocycles. The summed E-state index contributed by atoms with van der Waals surface area (Å²) in [6, 6.07) is 7.62. The van der Waals surface area contributed by atoms with Crippen molar-refractivity contribution in [3.05, 3.63) is 53.0 Å². The number of nitrogens with zero attached hydrogens (tertiary/aromatic N) is 3. The summed E-state index contributed by atoms with van der Waals surface area (Å²) in [4.78, 5) is 33.6. The number of rotatable bonds is 4. The molecule has 0 N–H and O–H groups in total. The van der Waals surface area contributed by atoms with Gasteiger partial charge in [0.25, 0.3) is 5.91 Å². The van der Waals surface area contributed by atoms with Gasteiger partial charge in [0.1, 0.15) is 29.7 Å². The average Bonchev–Trinajstić information content (AvgIpc) is 2.80. The van der Waals surface area contributed by atoms with Gasteiger partial charge in [0.05, 0.1) is 19.3 Å². The molecule has 1 aromatic carbocycles. The van der Waals surface area contributed by atoms with Gasteiger partial charge in [-0.25, -0.2) is 9.37 Å². The molecule has 2 aliphatic rings. The molecular weight excluding hydrogens is 425 g/mol. The van der Waals surface area contributed by atoms with Crippen LogP contribution in [0.1, 0.15) is 28.5 Å². The molecule has 0 spiro atoms. The molecule has 1 saturated heterocycles. The third-order valence-electron chi connectivity index (χ3n) is 5.40. The molecule has 0 bridgehead atoms. The van der Waals surface area contributed by atoms with Gasteiger partial charge >= 0.3 is 0 Å². The lowest BCUT2D eigenvalue weighted by Crippen LogP contribution is -2.46. The van der Waals surface area contributed by atoms with E-state index in [1.54, 1.807) is 28.0 Å². The van der Waals surface area contributed by atoms with Crippen molar-refractivity contribution in [2.45, 2.75) is 19.4 Å². The fraction of sp³-hybridized carbons (Fsp3) is 0.409. The van der Waals surface area contributed by atoms with Gasteiger partial charge in [-0.2, -0.15) is 0 Å². The Bertz CT molecular complexity index is 979. The van der Waals surface area contributed by atoms with Crippen molar-refractivity contribution in [1.82, 2.24) is 9.88 Å². The summed E-state index contributed by atoms with van der Waals surface area (Å²) in [5.41, 5.74) is 2.20. The number of pyridine rings is 1. The summed E-state index contributed by atoms with van der Waals surface area (Å²) in [5.74, 6) is -0.763. The third kappa shape index (κ3) is 4.50. The van der Waals surface area contributed by atoms with Crippen LogP contribution in [0.5, 0.6) is 5.88 Å². The number of carbonyl (C=O) groups excluding carboxylic acids is 2. The van der Waals surface area contributed by atoms with E-state index < -0.39 is 0 Å². The fourth-order valence-electron chi connectivity index (χ4n) is 3.82. The number of alkyl halides is 1. The smallest absolute Gasteiger partial charge is 0.273 e. The molecule has 2 aliphatic heterocycles. The minimum Gasteiger partial charge on any atom is -0.474 e. The van der Waals surface area contributed by atoms with E-state index in [-0.39, 0.29) is 47.7 Å². The Hall–Kier alpha value is -2.71. The van der Waals surface area contributed by atoms with E-state index in [1.807, 2.05) is 6.92 Å². The van der Waals surface area contributed by atoms with Crippen molar-refractivity contribution in [2.75, 3.05) is 43.7 Å². The van der Waals surface area contributed by atoms with Crippen LogP contribution in [0.15, 0.2) is 30.3 Å². The lowest BCUT2D eigenvalue weighted by molar-refractivity contribution is -0.117. The maximum absolute atomic E-state index is 13.4. The first-order chi connectivity index (χ1) is 15.0. The quantitative estimate of drug-likeness (QED) is 0.674. The number of fused-ring (bicyclic) bond motifs is 1. The zero-order chi connectivity index (χ0) is 22.0. The first-order valence-electron chi connectivity index (χ1n) is 10.1. The molecule has 7 nitrogen and oxygen atoms in total. The van der Waals surface area contributed by atoms with Crippen molar-refractivity contribution >= 4 is 29.1 Å². The maximum Gasteiger partial charge on any atom is 0.273 e. The molecule has 164 valence electrons. The maximum atomic E-state index is 13.4. The third-order valence-corrected chi connectivity index (χ3v) is 5.63. The largest absolute Gasteiger partial charge is 0.474 e. The number of benzene rings is 1. The number of amides is 2. The van der Waals surface area contributed by atoms with Gasteiger partial charge in [0, 0.05) is 13.1 Å². The second-order valence-electron chi connectivity index (χ2n) is 7.59. The average molecular weight is 448 g/mol. The highest BCUT2D eigenvalue weighted by atomic mass is 35.5. The van der Waals surface area contributed by atoms with Crippen LogP contribution in [-0.4, -0.2) is 66.5 Å². The Morgan fingerprint density at radius 2 is 1.94 bits per heavy atom. The van der Waals surface area contributed by atoms with Gasteiger partial charge in [0.15, 0.2) is 0 Å². The molecule has 1 atom stereocenters. The Balaban J connectivity index is 1.78. The van der Waals surface area contributed by atoms with Gasteiger partial charge < -0.3 is 19.3 Å². The molecule has 4 rings (SSSR count). The van der Waals surface area contributed by atoms with Crippen molar-refractivity contribution in [3.63, 3.8) is 0 Å². The number of anilines is 1. The zero-order valence-electron chi connectivity index (χ0n) is 17.1. The highest BCUT2D eigenvalue weighted by Crippen LogP contribution is 2.35. The highest BCUT2D eigenvalue weighted by molar-refractivity contribution is 6.29. The second-order valence-corrected chi connectivity index (χ2v) is 7.85. The van der Waals surface area contributed by atoms with Crippen LogP contribution in [0.4, 0.5) is 10.1 Å². The van der Waals surface area contributed by atoms with Crippen LogP contribution in [0.25, 0.3) is 0 Å². The lowest BCUT2D eigenvalue weighted by atomic mass is 10.0. The van der Waals surface area contributed by atoms with Crippen molar-refractivity contribution in [3.8, 4) is 5.88 Å². The van der Waals surface area contributed by atoms with E-state index in [0.717, 1.165) is 5.56 Å². The monoisotopic (exact) mass is 447 g/mol. The van der Waals surface area contributed by atoms with Crippen LogP contribution < -0.4 is 9.64 Å². The second kappa shape index (κ2) is 9.20. The number of halogens is 2. The van der Waals surface area contributed by atoms with Gasteiger partial charge in [0.2, 0.25) is 11.8 Å². The molecule has 3 heterocycles. The number of carbonyl (C=O) groups is 2. The summed E-state index contributed by atoms with van der Waals surface area (Å²) in [6.45, 7) is 4.00. The van der Waals surface area contributed by atoms with Crippen LogP contribution in [-0.2, 0) is 16.0 Å². The van der Waals surface area contributed by atoms with E-state index in [4.69, 9.17) is 21.1 Å². The number of hydrogen-bond acceptors (Lipinski definition) is 5. The molecule has 0 aliphatic carbocycles. The topological polar surface area (TPSA) is 72.0 Å². The van der Waals surface area contributed by atoms with Gasteiger partial charge in [-0.1, -0.05) is 12.1 Å². The summed E-state index contributed by atoms with van der Waals surface area (Å²) in [5, 5.41) is 0. The number of aromatic nitrogens is 1. The Labute approximate surface area is 184 Å². The van der Waals surface area contributed by atoms with Gasteiger partial charge in [-0.3, -0.25) is 9.59 Å². The number of hydrogen-bond donors (Lipinski definition) is 0. The van der Waals surface area contributed by atoms with Crippen LogP contribution in [0.3, 0.4) is 0 Å². The SMILES string of the molecule is C[C@H]1COc2nc(C(=O)N3CCOCC3)c(Cc3ccc(F)cc3)cc2N1C(=O)CCl. The normalized spacial score (nSPS) is 18.4. The first kappa shape index (κ1) is 21.5. The number of ether oxygens (including phenoxy) is 2. The predicted octanol–water partition coefficient (Wildman–Crippen LogP) is 2.64. The summed E-state index contributed by atoms with van der Waals surface area (Å²) in [7, 11) is 0. The lowest BCUT2D eigenvalue weighted by Gasteiger charge is -2.35. The molecule has 2 amide bonds. The summed E-state index contributed by atoms with van der Waals surface area (Å²) >= 11 is 5.82. The summed E-state index contributed by atoms with van der Waals surface area (Å²) in [6.07, 6.45) is 0.350. The molecule has 1 aromatic heterocycles. The Morgan fingerprint density at radius 3 is 2.61 bits per heavy atom. The van der Waals surface area contributed by atoms with Gasteiger partial charge in [-0.05, 0) is 42.7 Å². The Kier molecular flexibility index (Phi) is 6.38. The minimum absolute atomic E-state index is 0.175. The predicted molar refractivity (Wildman–Crippen MR) is 113 cm³/mol. The van der Waals surface area contributed by atoms with Crippen LogP contribution >= 0.6 is 11.6 Å². The molecule has 31 heavy (non-hydrogen) atoms. The molecular formula is C22H23ClFN3O4. The molecule has 0 radical (unpaired) electrons. The van der Waals surface area contributed by atoms with Crippen LogP contribution in [0.2, 0.25) is 0 Å². The zero-order valence-corrected chi connectivity index (χ0v) is 17.9. The summed E-state index contributed by atoms with van der Waals surface area (Å²) < 4.78 is 24.5. The van der Waals surface area contributed by atoms with E-state index in [9.17, 15) is 14.0 Å². The Morgan fingerprint density at radius 1 is 1.23 bits per heavy atom. The van der Waals surface area contributed by atoms with Crippen molar-refractivity contribution in [2.24, 2.45) is 0 Å². The van der Waals surface area contributed by atoms with E-state index in [0.29, 0.717) is 44.0 Å². The fourth-order valence-corrected chi connectivity index (χ4v) is 3.95. The first-order valence-corrected chi connectivity index (χ1v) is 10.7. The highest BCUT2D eigenvalue weighted by Gasteiger charge is 2.33. The standard InChI is InChI=1S/C22H23ClFN3O4/c1-14-13-31-21-18(27(14)19(28)12-23)11-16(10-15-2-4-17(24)5-3-15)20(25-21)22(29)26-6-8-30-9-7-26/h2-5,11,14H,6-10,12-13H2,1H3/t14-/m0/s1. The molecule has 0 unspecified atom stereocenters. The van der Waals surface area contributed by atoms with E-state index in [2.05, 4.69) is 4.98 Å². The minimum atomic E-state index is -0.335. The van der Waals surface area contributed by atoms with Crippen molar-refractivity contribution < 1.29 is 23.5 Å². The van der Waals surface area contributed by atoms with Crippen molar-refractivity contribution in [1.29, 1.82) is 0 Å². The van der Waals surface area contributed by atoms with E-state index >= 15 is 0 Å².